The van der Waals surface area contributed by atoms with E-state index in [9.17, 15) is 18.0 Å². The number of benzene rings is 2. The standard InChI is InChI=1S/C19H18F3NO3/c20-19(21,22)17-12-15(23-8-10-25-11-9-23)6-7-16(17)18(24)26-13-14-4-2-1-3-5-14/h1-7,12H,8-11,13H2. The average Bonchev–Trinajstić information content (AvgIpc) is 2.66. The average molecular weight is 365 g/mol. The van der Waals surface area contributed by atoms with E-state index < -0.39 is 23.3 Å². The van der Waals surface area contributed by atoms with Crippen molar-refractivity contribution in [2.45, 2.75) is 12.8 Å². The Labute approximate surface area is 149 Å². The molecule has 0 unspecified atom stereocenters. The molecule has 0 atom stereocenters. The molecule has 0 aromatic heterocycles. The van der Waals surface area contributed by atoms with Gasteiger partial charge in [0.25, 0.3) is 0 Å². The van der Waals surface area contributed by atoms with Crippen molar-refractivity contribution < 1.29 is 27.4 Å². The van der Waals surface area contributed by atoms with Crippen LogP contribution >= 0.6 is 0 Å². The Morgan fingerprint density at radius 2 is 1.77 bits per heavy atom. The molecule has 0 aliphatic carbocycles. The predicted molar refractivity (Wildman–Crippen MR) is 90.0 cm³/mol. The van der Waals surface area contributed by atoms with Crippen LogP contribution in [0, 0.1) is 0 Å². The number of alkyl halides is 3. The summed E-state index contributed by atoms with van der Waals surface area (Å²) in [5.41, 5.74) is -0.343. The molecule has 3 rings (SSSR count). The molecule has 0 spiro atoms. The number of hydrogen-bond donors (Lipinski definition) is 0. The van der Waals surface area contributed by atoms with Crippen LogP contribution in [0.3, 0.4) is 0 Å². The Kier molecular flexibility index (Phi) is 5.46. The summed E-state index contributed by atoms with van der Waals surface area (Å²) in [6.07, 6.45) is -4.65. The number of rotatable bonds is 4. The second-order valence-electron chi connectivity index (χ2n) is 5.89. The minimum Gasteiger partial charge on any atom is -0.457 e. The van der Waals surface area contributed by atoms with Crippen molar-refractivity contribution in [2.24, 2.45) is 0 Å². The largest absolute Gasteiger partial charge is 0.457 e. The van der Waals surface area contributed by atoms with E-state index in [-0.39, 0.29) is 6.61 Å². The normalized spacial score (nSPS) is 15.0. The van der Waals surface area contributed by atoms with E-state index in [4.69, 9.17) is 9.47 Å². The van der Waals surface area contributed by atoms with E-state index in [1.807, 2.05) is 0 Å². The van der Waals surface area contributed by atoms with Crippen molar-refractivity contribution in [3.8, 4) is 0 Å². The molecule has 1 saturated heterocycles. The smallest absolute Gasteiger partial charge is 0.417 e. The van der Waals surface area contributed by atoms with E-state index in [0.29, 0.717) is 37.6 Å². The van der Waals surface area contributed by atoms with Gasteiger partial charge in [-0.15, -0.1) is 0 Å². The van der Waals surface area contributed by atoms with Gasteiger partial charge < -0.3 is 14.4 Å². The zero-order valence-electron chi connectivity index (χ0n) is 14.0. The Morgan fingerprint density at radius 3 is 2.42 bits per heavy atom. The maximum absolute atomic E-state index is 13.5. The number of hydrogen-bond acceptors (Lipinski definition) is 4. The monoisotopic (exact) mass is 365 g/mol. The summed E-state index contributed by atoms with van der Waals surface area (Å²) in [7, 11) is 0. The third-order valence-corrected chi connectivity index (χ3v) is 4.12. The molecule has 0 bridgehead atoms. The fraction of sp³-hybridized carbons (Fsp3) is 0.316. The maximum atomic E-state index is 13.5. The minimum absolute atomic E-state index is 0.0812. The van der Waals surface area contributed by atoms with Crippen LogP contribution in [0.15, 0.2) is 48.5 Å². The molecule has 0 N–H and O–H groups in total. The molecular formula is C19H18F3NO3. The summed E-state index contributed by atoms with van der Waals surface area (Å²) in [6.45, 7) is 1.86. The number of carbonyl (C=O) groups is 1. The molecule has 2 aromatic rings. The van der Waals surface area contributed by atoms with Crippen LogP contribution in [0.2, 0.25) is 0 Å². The van der Waals surface area contributed by atoms with Crippen molar-refractivity contribution >= 4 is 11.7 Å². The van der Waals surface area contributed by atoms with E-state index in [1.165, 1.54) is 12.1 Å². The third kappa shape index (κ3) is 4.35. The highest BCUT2D eigenvalue weighted by atomic mass is 19.4. The van der Waals surface area contributed by atoms with Crippen LogP contribution in [0.5, 0.6) is 0 Å². The van der Waals surface area contributed by atoms with Crippen molar-refractivity contribution in [1.29, 1.82) is 0 Å². The maximum Gasteiger partial charge on any atom is 0.417 e. The molecule has 0 radical (unpaired) electrons. The lowest BCUT2D eigenvalue weighted by molar-refractivity contribution is -0.138. The molecule has 1 heterocycles. The first kappa shape index (κ1) is 18.3. The summed E-state index contributed by atoms with van der Waals surface area (Å²) in [5, 5.41) is 0. The number of nitrogens with zero attached hydrogens (tertiary/aromatic N) is 1. The zero-order valence-corrected chi connectivity index (χ0v) is 14.0. The fourth-order valence-electron chi connectivity index (χ4n) is 2.76. The molecule has 0 saturated carbocycles. The highest BCUT2D eigenvalue weighted by Gasteiger charge is 2.36. The van der Waals surface area contributed by atoms with Gasteiger partial charge in [0.2, 0.25) is 0 Å². The summed E-state index contributed by atoms with van der Waals surface area (Å²) >= 11 is 0. The molecule has 2 aromatic carbocycles. The first-order valence-corrected chi connectivity index (χ1v) is 8.20. The molecule has 1 aliphatic heterocycles. The van der Waals surface area contributed by atoms with Gasteiger partial charge in [0, 0.05) is 18.8 Å². The van der Waals surface area contributed by atoms with Crippen LogP contribution in [-0.4, -0.2) is 32.3 Å². The number of carbonyl (C=O) groups excluding carboxylic acids is 1. The van der Waals surface area contributed by atoms with Crippen LogP contribution in [-0.2, 0) is 22.3 Å². The predicted octanol–water partition coefficient (Wildman–Crippen LogP) is 3.90. The second-order valence-corrected chi connectivity index (χ2v) is 5.89. The quantitative estimate of drug-likeness (QED) is 0.771. The second kappa shape index (κ2) is 7.78. The SMILES string of the molecule is O=C(OCc1ccccc1)c1ccc(N2CCOCC2)cc1C(F)(F)F. The summed E-state index contributed by atoms with van der Waals surface area (Å²) in [5.74, 6) is -0.991. The third-order valence-electron chi connectivity index (χ3n) is 4.12. The summed E-state index contributed by atoms with van der Waals surface area (Å²) in [6, 6.07) is 12.5. The Balaban J connectivity index is 1.82. The van der Waals surface area contributed by atoms with Crippen LogP contribution in [0.25, 0.3) is 0 Å². The summed E-state index contributed by atoms with van der Waals surface area (Å²) in [4.78, 5) is 14.0. The van der Waals surface area contributed by atoms with E-state index in [0.717, 1.165) is 6.07 Å². The molecule has 1 fully saturated rings. The van der Waals surface area contributed by atoms with E-state index in [2.05, 4.69) is 0 Å². The molecule has 1 aliphatic rings. The first-order valence-electron chi connectivity index (χ1n) is 8.20. The van der Waals surface area contributed by atoms with Gasteiger partial charge in [-0.2, -0.15) is 13.2 Å². The lowest BCUT2D eigenvalue weighted by Gasteiger charge is -2.29. The van der Waals surface area contributed by atoms with Gasteiger partial charge in [0.05, 0.1) is 24.3 Å². The topological polar surface area (TPSA) is 38.8 Å². The van der Waals surface area contributed by atoms with Gasteiger partial charge in [-0.25, -0.2) is 4.79 Å². The molecular weight excluding hydrogens is 347 g/mol. The van der Waals surface area contributed by atoms with E-state index >= 15 is 0 Å². The highest BCUT2D eigenvalue weighted by Crippen LogP contribution is 2.35. The molecule has 7 heteroatoms. The van der Waals surface area contributed by atoms with Crippen molar-refractivity contribution in [1.82, 2.24) is 0 Å². The number of esters is 1. The Bertz CT molecular complexity index is 756. The minimum atomic E-state index is -4.65. The highest BCUT2D eigenvalue weighted by molar-refractivity contribution is 5.92. The number of morpholine rings is 1. The number of ether oxygens (including phenoxy) is 2. The van der Waals surface area contributed by atoms with Gasteiger partial charge in [0.1, 0.15) is 6.61 Å². The first-order chi connectivity index (χ1) is 12.4. The van der Waals surface area contributed by atoms with Gasteiger partial charge in [0.15, 0.2) is 0 Å². The van der Waals surface area contributed by atoms with Crippen LogP contribution in [0.1, 0.15) is 21.5 Å². The Hall–Kier alpha value is -2.54. The van der Waals surface area contributed by atoms with Gasteiger partial charge in [-0.1, -0.05) is 30.3 Å². The van der Waals surface area contributed by atoms with Gasteiger partial charge in [-0.05, 0) is 23.8 Å². The fourth-order valence-corrected chi connectivity index (χ4v) is 2.76. The lowest BCUT2D eigenvalue weighted by Crippen LogP contribution is -2.36. The molecule has 26 heavy (non-hydrogen) atoms. The zero-order chi connectivity index (χ0) is 18.6. The van der Waals surface area contributed by atoms with Crippen molar-refractivity contribution in [3.63, 3.8) is 0 Å². The number of anilines is 1. The van der Waals surface area contributed by atoms with Gasteiger partial charge >= 0.3 is 12.1 Å². The van der Waals surface area contributed by atoms with Crippen LogP contribution < -0.4 is 4.90 Å². The lowest BCUT2D eigenvalue weighted by atomic mass is 10.1. The van der Waals surface area contributed by atoms with Gasteiger partial charge in [-0.3, -0.25) is 0 Å². The van der Waals surface area contributed by atoms with Crippen LogP contribution in [0.4, 0.5) is 18.9 Å². The van der Waals surface area contributed by atoms with E-state index in [1.54, 1.807) is 35.2 Å². The number of halogens is 3. The molecule has 138 valence electrons. The molecule has 4 nitrogen and oxygen atoms in total. The summed E-state index contributed by atoms with van der Waals surface area (Å²) < 4.78 is 50.7. The Morgan fingerprint density at radius 1 is 1.08 bits per heavy atom. The van der Waals surface area contributed by atoms with Crippen molar-refractivity contribution in [3.05, 3.63) is 65.2 Å². The van der Waals surface area contributed by atoms with Crippen molar-refractivity contribution in [2.75, 3.05) is 31.2 Å². The molecule has 0 amide bonds.